The van der Waals surface area contributed by atoms with Crippen molar-refractivity contribution in [2.75, 3.05) is 13.2 Å². The first kappa shape index (κ1) is 27.7. The number of fused-ring (bicyclic) bond motifs is 1. The molecule has 5 rings (SSSR count). The van der Waals surface area contributed by atoms with Crippen molar-refractivity contribution in [3.63, 3.8) is 0 Å². The molecule has 0 radical (unpaired) electrons. The highest BCUT2D eigenvalue weighted by molar-refractivity contribution is 6.72. The Balaban J connectivity index is 1.25. The van der Waals surface area contributed by atoms with E-state index in [1.807, 2.05) is 42.5 Å². The highest BCUT2D eigenvalue weighted by atomic mass is 28.4. The lowest BCUT2D eigenvalue weighted by molar-refractivity contribution is -0.135. The van der Waals surface area contributed by atoms with E-state index in [4.69, 9.17) is 4.74 Å². The lowest BCUT2D eigenvalue weighted by Crippen LogP contribution is -2.42. The minimum absolute atomic E-state index is 0.0151. The van der Waals surface area contributed by atoms with E-state index in [2.05, 4.69) is 12.0 Å². The number of hydrogen-bond donors (Lipinski definition) is 1. The highest BCUT2D eigenvalue weighted by Gasteiger charge is 2.52. The van der Waals surface area contributed by atoms with Crippen LogP contribution >= 0.6 is 0 Å². The van der Waals surface area contributed by atoms with Gasteiger partial charge in [-0.2, -0.15) is 9.78 Å². The summed E-state index contributed by atoms with van der Waals surface area (Å²) in [4.78, 5) is 27.7. The van der Waals surface area contributed by atoms with Crippen LogP contribution in [0.4, 0.5) is 4.11 Å². The van der Waals surface area contributed by atoms with Crippen LogP contribution in [0.15, 0.2) is 59.5 Å². The highest BCUT2D eigenvalue weighted by Crippen LogP contribution is 2.47. The predicted molar refractivity (Wildman–Crippen MR) is 152 cm³/mol. The number of benzene rings is 2. The van der Waals surface area contributed by atoms with Gasteiger partial charge in [-0.3, -0.25) is 9.59 Å². The van der Waals surface area contributed by atoms with E-state index < -0.39 is 14.5 Å². The summed E-state index contributed by atoms with van der Waals surface area (Å²) in [6.45, 7) is 6.10. The first-order valence-electron chi connectivity index (χ1n) is 14.0. The standard InChI is InChI=1S/C30H38FN3O4Si/c1-20-26(38-27(29(20)39(2,3)31)17-28(36)33-16-6-8-24(33)19-35)15-12-21-10-13-23(14-11-21)34-30(37)25-9-5-4-7-22(25)18-32-34/h4-5,7,9-11,13-14,18,20,24,26-27,29,35H,6,8,12,15-17,19H2,1-3H3/t20-,24+,26+,27-,29+/m1/s1. The number of aromatic nitrogens is 2. The first-order chi connectivity index (χ1) is 18.7. The Hall–Kier alpha value is -2.88. The topological polar surface area (TPSA) is 84.7 Å². The maximum Gasteiger partial charge on any atom is 0.279 e. The zero-order valence-corrected chi connectivity index (χ0v) is 23.9. The van der Waals surface area contributed by atoms with Gasteiger partial charge < -0.3 is 18.9 Å². The predicted octanol–water partition coefficient (Wildman–Crippen LogP) is 4.64. The maximum atomic E-state index is 15.5. The molecule has 1 N–H and O–H groups in total. The van der Waals surface area contributed by atoms with Crippen molar-refractivity contribution >= 4 is 25.1 Å². The Morgan fingerprint density at radius 2 is 1.90 bits per heavy atom. The van der Waals surface area contributed by atoms with Crippen molar-refractivity contribution in [3.8, 4) is 5.69 Å². The van der Waals surface area contributed by atoms with Crippen LogP contribution in [0, 0.1) is 5.92 Å². The van der Waals surface area contributed by atoms with Crippen LogP contribution < -0.4 is 5.56 Å². The summed E-state index contributed by atoms with van der Waals surface area (Å²) in [5, 5.41) is 15.4. The minimum atomic E-state index is -3.09. The number of aryl methyl sites for hydroxylation is 1. The van der Waals surface area contributed by atoms with Crippen molar-refractivity contribution in [2.24, 2.45) is 5.92 Å². The van der Waals surface area contributed by atoms with Gasteiger partial charge in [-0.25, -0.2) is 0 Å². The lowest BCUT2D eigenvalue weighted by atomic mass is 9.95. The Kier molecular flexibility index (Phi) is 8.03. The summed E-state index contributed by atoms with van der Waals surface area (Å²) in [6, 6.07) is 15.1. The molecule has 0 spiro atoms. The number of halogens is 1. The Morgan fingerprint density at radius 3 is 2.62 bits per heavy atom. The van der Waals surface area contributed by atoms with Gasteiger partial charge in [-0.15, -0.1) is 0 Å². The van der Waals surface area contributed by atoms with Crippen LogP contribution in [0.1, 0.15) is 38.2 Å². The monoisotopic (exact) mass is 551 g/mol. The lowest BCUT2D eigenvalue weighted by Gasteiger charge is -2.30. The largest absolute Gasteiger partial charge is 0.394 e. The molecule has 9 heteroatoms. The van der Waals surface area contributed by atoms with E-state index in [0.29, 0.717) is 17.6 Å². The third kappa shape index (κ3) is 5.71. The SMILES string of the molecule is C[C@H]1[C@H]([Si](C)(C)F)[C@@H](CC(=O)N2CCC[C@H]2CO)O[C@H]1CCc1ccc(-n2ncc3ccccc3c2=O)cc1. The third-order valence-corrected chi connectivity index (χ3v) is 11.1. The molecule has 5 atom stereocenters. The van der Waals surface area contributed by atoms with Gasteiger partial charge in [-0.05, 0) is 68.5 Å². The molecule has 2 aliphatic rings. The van der Waals surface area contributed by atoms with Gasteiger partial charge in [0.25, 0.3) is 5.56 Å². The summed E-state index contributed by atoms with van der Waals surface area (Å²) >= 11 is 0. The second-order valence-electron chi connectivity index (χ2n) is 11.6. The fourth-order valence-corrected chi connectivity index (χ4v) is 9.15. The van der Waals surface area contributed by atoms with Crippen LogP contribution in [0.2, 0.25) is 18.6 Å². The van der Waals surface area contributed by atoms with Gasteiger partial charge in [0.1, 0.15) is 0 Å². The number of hydrogen-bond acceptors (Lipinski definition) is 5. The molecule has 0 aliphatic carbocycles. The fourth-order valence-electron chi connectivity index (χ4n) is 6.61. The molecule has 2 aromatic carbocycles. The molecule has 7 nitrogen and oxygen atoms in total. The van der Waals surface area contributed by atoms with Gasteiger partial charge in [-0.1, -0.05) is 37.3 Å². The maximum absolute atomic E-state index is 15.5. The number of aliphatic hydroxyl groups is 1. The molecule has 0 saturated carbocycles. The third-order valence-electron chi connectivity index (χ3n) is 8.57. The summed E-state index contributed by atoms with van der Waals surface area (Å²) in [6.07, 6.45) is 4.47. The van der Waals surface area contributed by atoms with E-state index in [9.17, 15) is 14.7 Å². The molecule has 2 saturated heterocycles. The van der Waals surface area contributed by atoms with Gasteiger partial charge >= 0.3 is 0 Å². The van der Waals surface area contributed by atoms with Crippen molar-refractivity contribution < 1.29 is 18.7 Å². The van der Waals surface area contributed by atoms with Crippen molar-refractivity contribution in [3.05, 3.63) is 70.6 Å². The summed E-state index contributed by atoms with van der Waals surface area (Å²) in [5.74, 6) is -0.0258. The van der Waals surface area contributed by atoms with Crippen LogP contribution in [-0.4, -0.2) is 65.5 Å². The van der Waals surface area contributed by atoms with Gasteiger partial charge in [0, 0.05) is 17.5 Å². The molecule has 208 valence electrons. The number of aliphatic hydroxyl groups excluding tert-OH is 1. The summed E-state index contributed by atoms with van der Waals surface area (Å²) in [5.41, 5.74) is 1.39. The van der Waals surface area contributed by atoms with E-state index in [0.717, 1.165) is 36.6 Å². The number of ether oxygens (including phenoxy) is 1. The molecule has 1 amide bonds. The number of likely N-dealkylation sites (tertiary alicyclic amines) is 1. The molecule has 3 aromatic rings. The second-order valence-corrected chi connectivity index (χ2v) is 15.4. The number of carbonyl (C=O) groups excluding carboxylic acids is 1. The number of carbonyl (C=O) groups is 1. The zero-order valence-electron chi connectivity index (χ0n) is 22.9. The molecule has 39 heavy (non-hydrogen) atoms. The van der Waals surface area contributed by atoms with E-state index in [1.54, 1.807) is 30.3 Å². The Morgan fingerprint density at radius 1 is 1.15 bits per heavy atom. The van der Waals surface area contributed by atoms with E-state index >= 15 is 4.11 Å². The Bertz CT molecular complexity index is 1370. The quantitative estimate of drug-likeness (QED) is 0.326. The van der Waals surface area contributed by atoms with Crippen LogP contribution in [0.25, 0.3) is 16.5 Å². The number of nitrogens with zero attached hydrogens (tertiary/aromatic N) is 3. The summed E-state index contributed by atoms with van der Waals surface area (Å²) < 4.78 is 23.3. The van der Waals surface area contributed by atoms with Gasteiger partial charge in [0.05, 0.1) is 48.5 Å². The first-order valence-corrected chi connectivity index (χ1v) is 16.9. The average molecular weight is 552 g/mol. The second kappa shape index (κ2) is 11.3. The molecule has 0 bridgehead atoms. The minimum Gasteiger partial charge on any atom is -0.394 e. The summed E-state index contributed by atoms with van der Waals surface area (Å²) in [7, 11) is -3.09. The molecular weight excluding hydrogens is 513 g/mol. The van der Waals surface area contributed by atoms with E-state index in [-0.39, 0.29) is 48.1 Å². The molecule has 1 aromatic heterocycles. The van der Waals surface area contributed by atoms with Gasteiger partial charge in [0.2, 0.25) is 14.3 Å². The van der Waals surface area contributed by atoms with Crippen molar-refractivity contribution in [1.29, 1.82) is 0 Å². The average Bonchev–Trinajstić information content (AvgIpc) is 3.52. The molecular formula is C30H38FN3O4Si. The van der Waals surface area contributed by atoms with Crippen LogP contribution in [0.5, 0.6) is 0 Å². The van der Waals surface area contributed by atoms with Crippen molar-refractivity contribution in [1.82, 2.24) is 14.7 Å². The van der Waals surface area contributed by atoms with Crippen molar-refractivity contribution in [2.45, 2.75) is 75.9 Å². The normalized spacial score (nSPS) is 25.5. The van der Waals surface area contributed by atoms with Gasteiger partial charge in [0.15, 0.2) is 0 Å². The number of amides is 1. The molecule has 2 aliphatic heterocycles. The smallest absolute Gasteiger partial charge is 0.279 e. The fraction of sp³-hybridized carbons (Fsp3) is 0.500. The molecule has 0 unspecified atom stereocenters. The van der Waals surface area contributed by atoms with E-state index in [1.165, 1.54) is 4.68 Å². The number of rotatable bonds is 8. The Labute approximate surface area is 229 Å². The molecule has 2 fully saturated rings. The van der Waals surface area contributed by atoms with Crippen LogP contribution in [0.3, 0.4) is 0 Å². The zero-order chi connectivity index (χ0) is 27.7. The van der Waals surface area contributed by atoms with Crippen LogP contribution in [-0.2, 0) is 16.0 Å². The molecule has 3 heterocycles.